The Labute approximate surface area is 219 Å². The zero-order chi connectivity index (χ0) is 25.5. The summed E-state index contributed by atoms with van der Waals surface area (Å²) < 4.78 is 7.05. The van der Waals surface area contributed by atoms with Crippen LogP contribution in [-0.4, -0.2) is 27.5 Å². The van der Waals surface area contributed by atoms with Gasteiger partial charge in [-0.25, -0.2) is 9.97 Å². The summed E-state index contributed by atoms with van der Waals surface area (Å²) in [7, 11) is 1.66. The lowest BCUT2D eigenvalue weighted by atomic mass is 9.99. The van der Waals surface area contributed by atoms with Crippen molar-refractivity contribution in [2.24, 2.45) is 0 Å². The summed E-state index contributed by atoms with van der Waals surface area (Å²) in [5.41, 5.74) is 7.41. The molecule has 0 radical (unpaired) electrons. The molecular formula is C30H26N4O2S. The largest absolute Gasteiger partial charge is 0.497 e. The molecule has 0 fully saturated rings. The van der Waals surface area contributed by atoms with Crippen molar-refractivity contribution < 1.29 is 4.74 Å². The molecule has 1 aliphatic heterocycles. The summed E-state index contributed by atoms with van der Waals surface area (Å²) in [6.07, 6.45) is 0. The Morgan fingerprint density at radius 2 is 1.49 bits per heavy atom. The number of pyridine rings is 1. The standard InChI is InChI=1S/C30H26N4O2S/c1-19-4-8-21(9-5-19)25-16-26(22-10-6-20(2)7-11-22)31-28-27(25)29(35)34-17-33(18-37-30(34)32-28)23-12-14-24(36-3)15-13-23/h4-16H,17-18H2,1-3H3. The third-order valence-corrected chi connectivity index (χ3v) is 7.71. The third-order valence-electron chi connectivity index (χ3n) is 6.70. The zero-order valence-corrected chi connectivity index (χ0v) is 21.7. The van der Waals surface area contributed by atoms with Crippen LogP contribution in [0.1, 0.15) is 11.1 Å². The average molecular weight is 507 g/mol. The van der Waals surface area contributed by atoms with Gasteiger partial charge in [-0.1, -0.05) is 71.4 Å². The normalized spacial score (nSPS) is 13.0. The first-order chi connectivity index (χ1) is 18.0. The van der Waals surface area contributed by atoms with E-state index in [1.54, 1.807) is 23.4 Å². The molecule has 184 valence electrons. The van der Waals surface area contributed by atoms with Gasteiger partial charge in [-0.15, -0.1) is 0 Å². The van der Waals surface area contributed by atoms with Crippen LogP contribution in [0.2, 0.25) is 0 Å². The van der Waals surface area contributed by atoms with E-state index in [0.29, 0.717) is 28.7 Å². The fourth-order valence-electron chi connectivity index (χ4n) is 4.56. The summed E-state index contributed by atoms with van der Waals surface area (Å²) in [6, 6.07) is 26.4. The fraction of sp³-hybridized carbons (Fsp3) is 0.167. The molecule has 6 nitrogen and oxygen atoms in total. The van der Waals surface area contributed by atoms with E-state index < -0.39 is 0 Å². The molecule has 5 aromatic rings. The lowest BCUT2D eigenvalue weighted by molar-refractivity contribution is 0.414. The topological polar surface area (TPSA) is 60.2 Å². The summed E-state index contributed by atoms with van der Waals surface area (Å²) >= 11 is 1.54. The van der Waals surface area contributed by atoms with Gasteiger partial charge in [0.15, 0.2) is 10.8 Å². The van der Waals surface area contributed by atoms with Crippen LogP contribution in [0, 0.1) is 13.8 Å². The van der Waals surface area contributed by atoms with Crippen molar-refractivity contribution in [3.63, 3.8) is 0 Å². The van der Waals surface area contributed by atoms with Gasteiger partial charge in [0.2, 0.25) is 0 Å². The Balaban J connectivity index is 1.52. The molecule has 3 heterocycles. The Morgan fingerprint density at radius 3 is 2.14 bits per heavy atom. The number of benzene rings is 3. The van der Waals surface area contributed by atoms with Crippen LogP contribution in [0.3, 0.4) is 0 Å². The molecule has 7 heteroatoms. The molecule has 0 unspecified atom stereocenters. The van der Waals surface area contributed by atoms with E-state index in [4.69, 9.17) is 14.7 Å². The molecule has 6 rings (SSSR count). The number of rotatable bonds is 4. The highest BCUT2D eigenvalue weighted by Gasteiger charge is 2.24. The van der Waals surface area contributed by atoms with Crippen LogP contribution in [-0.2, 0) is 6.67 Å². The van der Waals surface area contributed by atoms with Gasteiger partial charge in [-0.05, 0) is 49.7 Å². The second-order valence-electron chi connectivity index (χ2n) is 9.27. The van der Waals surface area contributed by atoms with E-state index in [-0.39, 0.29) is 5.56 Å². The Bertz CT molecular complexity index is 1660. The first-order valence-electron chi connectivity index (χ1n) is 12.1. The van der Waals surface area contributed by atoms with Crippen molar-refractivity contribution in [1.29, 1.82) is 0 Å². The number of hydrogen-bond donors (Lipinski definition) is 0. The molecule has 2 aromatic heterocycles. The van der Waals surface area contributed by atoms with Crippen LogP contribution in [0.15, 0.2) is 88.8 Å². The summed E-state index contributed by atoms with van der Waals surface area (Å²) in [6.45, 7) is 4.55. The van der Waals surface area contributed by atoms with Crippen LogP contribution in [0.5, 0.6) is 5.75 Å². The minimum atomic E-state index is -0.0794. The molecule has 0 spiro atoms. The Hall–Kier alpha value is -4.10. The first kappa shape index (κ1) is 23.3. The number of ether oxygens (including phenoxy) is 1. The molecule has 0 atom stereocenters. The van der Waals surface area contributed by atoms with Gasteiger partial charge in [-0.3, -0.25) is 9.36 Å². The number of anilines is 1. The predicted molar refractivity (Wildman–Crippen MR) is 150 cm³/mol. The molecule has 0 bridgehead atoms. The van der Waals surface area contributed by atoms with Gasteiger partial charge in [0.05, 0.1) is 24.1 Å². The summed E-state index contributed by atoms with van der Waals surface area (Å²) in [4.78, 5) is 26.0. The second kappa shape index (κ2) is 9.41. The minimum Gasteiger partial charge on any atom is -0.497 e. The van der Waals surface area contributed by atoms with Crippen molar-refractivity contribution in [3.8, 4) is 28.1 Å². The summed E-state index contributed by atoms with van der Waals surface area (Å²) in [5.74, 6) is 1.49. The quantitative estimate of drug-likeness (QED) is 0.268. The van der Waals surface area contributed by atoms with Gasteiger partial charge in [0, 0.05) is 16.8 Å². The zero-order valence-electron chi connectivity index (χ0n) is 20.9. The number of aromatic nitrogens is 3. The molecule has 0 N–H and O–H groups in total. The lowest BCUT2D eigenvalue weighted by Gasteiger charge is -2.30. The van der Waals surface area contributed by atoms with E-state index in [1.165, 1.54) is 11.1 Å². The van der Waals surface area contributed by atoms with Gasteiger partial charge in [0.1, 0.15) is 12.4 Å². The Morgan fingerprint density at radius 1 is 0.838 bits per heavy atom. The van der Waals surface area contributed by atoms with Crippen molar-refractivity contribution in [1.82, 2.24) is 14.5 Å². The average Bonchev–Trinajstić information content (AvgIpc) is 2.93. The van der Waals surface area contributed by atoms with Gasteiger partial charge < -0.3 is 9.64 Å². The van der Waals surface area contributed by atoms with Crippen molar-refractivity contribution in [3.05, 3.63) is 100 Å². The molecule has 1 aliphatic rings. The highest BCUT2D eigenvalue weighted by Crippen LogP contribution is 2.33. The number of thioether (sulfide) groups is 1. The van der Waals surface area contributed by atoms with E-state index in [2.05, 4.69) is 67.3 Å². The van der Waals surface area contributed by atoms with E-state index in [0.717, 1.165) is 33.8 Å². The maximum absolute atomic E-state index is 14.0. The highest BCUT2D eigenvalue weighted by atomic mass is 32.2. The lowest BCUT2D eigenvalue weighted by Crippen LogP contribution is -2.37. The number of nitrogens with zero attached hydrogens (tertiary/aromatic N) is 4. The van der Waals surface area contributed by atoms with E-state index >= 15 is 0 Å². The SMILES string of the molecule is COc1ccc(N2CSc3nc4nc(-c5ccc(C)cc5)cc(-c5ccc(C)cc5)c4c(=O)n3C2)cc1. The molecule has 0 saturated carbocycles. The molecule has 3 aromatic carbocycles. The molecule has 37 heavy (non-hydrogen) atoms. The molecular weight excluding hydrogens is 480 g/mol. The van der Waals surface area contributed by atoms with Crippen LogP contribution in [0.25, 0.3) is 33.4 Å². The van der Waals surface area contributed by atoms with Crippen molar-refractivity contribution in [2.75, 3.05) is 17.9 Å². The fourth-order valence-corrected chi connectivity index (χ4v) is 5.51. The maximum atomic E-state index is 14.0. The highest BCUT2D eigenvalue weighted by molar-refractivity contribution is 7.99. The van der Waals surface area contributed by atoms with Crippen LogP contribution < -0.4 is 15.2 Å². The minimum absolute atomic E-state index is 0.0794. The smallest absolute Gasteiger partial charge is 0.265 e. The Kier molecular flexibility index (Phi) is 5.93. The monoisotopic (exact) mass is 506 g/mol. The molecule has 0 saturated heterocycles. The third kappa shape index (κ3) is 4.36. The van der Waals surface area contributed by atoms with Crippen molar-refractivity contribution >= 4 is 28.5 Å². The number of fused-ring (bicyclic) bond motifs is 2. The maximum Gasteiger partial charge on any atom is 0.265 e. The van der Waals surface area contributed by atoms with Crippen molar-refractivity contribution in [2.45, 2.75) is 25.7 Å². The summed E-state index contributed by atoms with van der Waals surface area (Å²) in [5, 5.41) is 1.23. The predicted octanol–water partition coefficient (Wildman–Crippen LogP) is 6.28. The number of aryl methyl sites for hydroxylation is 2. The van der Waals surface area contributed by atoms with Gasteiger partial charge in [-0.2, -0.15) is 0 Å². The number of hydrogen-bond acceptors (Lipinski definition) is 6. The second-order valence-corrected chi connectivity index (χ2v) is 10.2. The van der Waals surface area contributed by atoms with Crippen LogP contribution in [0.4, 0.5) is 5.69 Å². The van der Waals surface area contributed by atoms with E-state index in [9.17, 15) is 4.79 Å². The van der Waals surface area contributed by atoms with E-state index in [1.807, 2.05) is 30.3 Å². The molecule has 0 amide bonds. The number of methoxy groups -OCH3 is 1. The van der Waals surface area contributed by atoms with Gasteiger partial charge >= 0.3 is 0 Å². The van der Waals surface area contributed by atoms with Crippen LogP contribution >= 0.6 is 11.8 Å². The first-order valence-corrected chi connectivity index (χ1v) is 13.1. The molecule has 0 aliphatic carbocycles. The van der Waals surface area contributed by atoms with Gasteiger partial charge in [0.25, 0.3) is 5.56 Å².